The largest absolute Gasteiger partial charge is 0.395 e. The first-order valence-electron chi connectivity index (χ1n) is 13.1. The highest BCUT2D eigenvalue weighted by molar-refractivity contribution is 5.79. The molecule has 1 aliphatic carbocycles. The monoisotopic (exact) mass is 484 g/mol. The molecule has 2 heterocycles. The van der Waals surface area contributed by atoms with E-state index in [9.17, 15) is 15.0 Å². The van der Waals surface area contributed by atoms with Crippen molar-refractivity contribution < 1.29 is 15.0 Å². The molecule has 0 saturated carbocycles. The fraction of sp³-hybridized carbons (Fsp3) is 0.643. The van der Waals surface area contributed by atoms with Crippen molar-refractivity contribution in [2.75, 3.05) is 13.2 Å². The van der Waals surface area contributed by atoms with Crippen LogP contribution < -0.4 is 0 Å². The summed E-state index contributed by atoms with van der Waals surface area (Å²) >= 11 is 0. The van der Waals surface area contributed by atoms with E-state index in [2.05, 4.69) is 61.1 Å². The van der Waals surface area contributed by atoms with Crippen LogP contribution in [0.25, 0.3) is 17.5 Å². The second-order valence-corrected chi connectivity index (χ2v) is 11.3. The lowest BCUT2D eigenvalue weighted by Crippen LogP contribution is -2.45. The van der Waals surface area contributed by atoms with Gasteiger partial charge in [0.2, 0.25) is 5.91 Å². The lowest BCUT2D eigenvalue weighted by molar-refractivity contribution is -0.137. The van der Waals surface area contributed by atoms with E-state index in [1.807, 2.05) is 13.8 Å². The van der Waals surface area contributed by atoms with Gasteiger partial charge in [-0.3, -0.25) is 9.89 Å². The van der Waals surface area contributed by atoms with Crippen molar-refractivity contribution in [3.8, 4) is 11.4 Å². The first kappa shape index (κ1) is 27.2. The van der Waals surface area contributed by atoms with Crippen molar-refractivity contribution in [1.82, 2.24) is 20.1 Å². The predicted molar refractivity (Wildman–Crippen MR) is 141 cm³/mol. The average molecular weight is 485 g/mol. The van der Waals surface area contributed by atoms with Gasteiger partial charge in [0, 0.05) is 35.8 Å². The summed E-state index contributed by atoms with van der Waals surface area (Å²) in [6.45, 7) is 12.9. The second kappa shape index (κ2) is 11.6. The molecule has 0 spiro atoms. The summed E-state index contributed by atoms with van der Waals surface area (Å²) < 4.78 is 0. The van der Waals surface area contributed by atoms with Crippen LogP contribution in [0.4, 0.5) is 0 Å². The normalized spacial score (nSPS) is 17.3. The van der Waals surface area contributed by atoms with Crippen molar-refractivity contribution in [1.29, 1.82) is 0 Å². The molecule has 3 atom stereocenters. The Morgan fingerprint density at radius 3 is 2.71 bits per heavy atom. The molecule has 3 rings (SSSR count). The van der Waals surface area contributed by atoms with Gasteiger partial charge in [0.15, 0.2) is 0 Å². The third-order valence-electron chi connectivity index (χ3n) is 7.15. The number of aromatic amines is 2. The summed E-state index contributed by atoms with van der Waals surface area (Å²) in [5.74, 6) is -0.172. The molecule has 0 radical (unpaired) electrons. The highest BCUT2D eigenvalue weighted by Crippen LogP contribution is 2.32. The molecule has 0 saturated heterocycles. The first-order chi connectivity index (χ1) is 16.5. The molecule has 0 fully saturated rings. The van der Waals surface area contributed by atoms with E-state index < -0.39 is 0 Å². The summed E-state index contributed by atoms with van der Waals surface area (Å²) in [7, 11) is 0. The molecule has 2 aromatic rings. The molecular weight excluding hydrogens is 440 g/mol. The van der Waals surface area contributed by atoms with Crippen LogP contribution in [0, 0.1) is 18.3 Å². The highest BCUT2D eigenvalue weighted by Gasteiger charge is 2.29. The summed E-state index contributed by atoms with van der Waals surface area (Å²) in [4.78, 5) is 18.6. The number of aryl methyl sites for hydroxylation is 1. The molecule has 1 unspecified atom stereocenters. The van der Waals surface area contributed by atoms with E-state index in [1.54, 1.807) is 4.90 Å². The van der Waals surface area contributed by atoms with Gasteiger partial charge >= 0.3 is 0 Å². The van der Waals surface area contributed by atoms with Gasteiger partial charge in [0.25, 0.3) is 0 Å². The number of carbonyl (C=O) groups excluding carboxylic acids is 1. The number of amides is 1. The Kier molecular flexibility index (Phi) is 9.00. The molecule has 1 amide bonds. The van der Waals surface area contributed by atoms with Crippen LogP contribution in [0.1, 0.15) is 82.8 Å². The number of H-pyrrole nitrogens is 2. The van der Waals surface area contributed by atoms with Crippen molar-refractivity contribution in [3.63, 3.8) is 0 Å². The molecule has 7 nitrogen and oxygen atoms in total. The zero-order chi connectivity index (χ0) is 25.8. The SMILES string of the molecule is CC[C@@H](O)CC[C@@H](C)C(=O)N(CCO)C1C=Cc2cc(-c3n[nH]c(C)c3CCC(C)(C)C)[nH]c2C1. The molecule has 7 heteroatoms. The fourth-order valence-electron chi connectivity index (χ4n) is 4.75. The molecular formula is C28H44N4O3. The minimum atomic E-state index is -0.370. The highest BCUT2D eigenvalue weighted by atomic mass is 16.3. The van der Waals surface area contributed by atoms with Crippen LogP contribution in [0.2, 0.25) is 0 Å². The molecule has 2 aromatic heterocycles. The maximum Gasteiger partial charge on any atom is 0.225 e. The van der Waals surface area contributed by atoms with Gasteiger partial charge in [0.05, 0.1) is 24.4 Å². The first-order valence-corrected chi connectivity index (χ1v) is 13.1. The number of nitrogens with one attached hydrogen (secondary N) is 2. The summed E-state index contributed by atoms with van der Waals surface area (Å²) in [5.41, 5.74) is 6.77. The van der Waals surface area contributed by atoms with Gasteiger partial charge in [0.1, 0.15) is 5.69 Å². The van der Waals surface area contributed by atoms with Crippen LogP contribution in [0.15, 0.2) is 12.1 Å². The average Bonchev–Trinajstić information content (AvgIpc) is 3.40. The van der Waals surface area contributed by atoms with Crippen molar-refractivity contribution in [3.05, 3.63) is 34.7 Å². The standard InChI is InChI=1S/C28H44N4O3/c1-7-22(34)11-8-18(2)27(35)32(14-15-33)21-10-9-20-16-25(29-24(20)17-21)26-23(19(3)30-31-26)12-13-28(4,5)6/h9-10,16,18,21-22,29,33-34H,7-8,11-15,17H2,1-6H3,(H,30,31)/t18-,21?,22-/m1/s1. The molecule has 194 valence electrons. The van der Waals surface area contributed by atoms with E-state index in [1.165, 1.54) is 5.56 Å². The van der Waals surface area contributed by atoms with Crippen LogP contribution in [-0.2, 0) is 17.6 Å². The Balaban J connectivity index is 1.76. The summed E-state index contributed by atoms with van der Waals surface area (Å²) in [5, 5.41) is 27.3. The minimum absolute atomic E-state index is 0.0274. The van der Waals surface area contributed by atoms with Crippen LogP contribution in [0.3, 0.4) is 0 Å². The molecule has 0 aliphatic heterocycles. The predicted octanol–water partition coefficient (Wildman–Crippen LogP) is 4.64. The lowest BCUT2D eigenvalue weighted by Gasteiger charge is -2.33. The second-order valence-electron chi connectivity index (χ2n) is 11.3. The Labute approximate surface area is 210 Å². The fourth-order valence-corrected chi connectivity index (χ4v) is 4.75. The van der Waals surface area contributed by atoms with Crippen molar-refractivity contribution >= 4 is 12.0 Å². The third-order valence-corrected chi connectivity index (χ3v) is 7.15. The van der Waals surface area contributed by atoms with Gasteiger partial charge in [-0.15, -0.1) is 0 Å². The minimum Gasteiger partial charge on any atom is -0.395 e. The molecule has 1 aliphatic rings. The quantitative estimate of drug-likeness (QED) is 0.373. The molecule has 35 heavy (non-hydrogen) atoms. The third kappa shape index (κ3) is 6.85. The smallest absolute Gasteiger partial charge is 0.225 e. The topological polar surface area (TPSA) is 105 Å². The Morgan fingerprint density at radius 2 is 2.06 bits per heavy atom. The number of aliphatic hydroxyl groups is 2. The van der Waals surface area contributed by atoms with Crippen LogP contribution >= 0.6 is 0 Å². The number of fused-ring (bicyclic) bond motifs is 1. The summed E-state index contributed by atoms with van der Waals surface area (Å²) in [6.07, 6.45) is 8.42. The van der Waals surface area contributed by atoms with Gasteiger partial charge in [-0.05, 0) is 56.1 Å². The van der Waals surface area contributed by atoms with Crippen LogP contribution in [0.5, 0.6) is 0 Å². The molecule has 0 aromatic carbocycles. The lowest BCUT2D eigenvalue weighted by atomic mass is 9.88. The van der Waals surface area contributed by atoms with Gasteiger partial charge in [-0.25, -0.2) is 0 Å². The van der Waals surface area contributed by atoms with E-state index >= 15 is 0 Å². The van der Waals surface area contributed by atoms with Crippen molar-refractivity contribution in [2.24, 2.45) is 11.3 Å². The van der Waals surface area contributed by atoms with Gasteiger partial charge in [-0.2, -0.15) is 5.10 Å². The maximum atomic E-state index is 13.2. The number of rotatable bonds is 11. The zero-order valence-electron chi connectivity index (χ0n) is 22.3. The summed E-state index contributed by atoms with van der Waals surface area (Å²) in [6, 6.07) is 2.03. The molecule has 4 N–H and O–H groups in total. The Hall–Kier alpha value is -2.38. The molecule has 0 bridgehead atoms. The Morgan fingerprint density at radius 1 is 1.31 bits per heavy atom. The number of hydrogen-bond acceptors (Lipinski definition) is 4. The number of hydrogen-bond donors (Lipinski definition) is 4. The number of carbonyl (C=O) groups is 1. The number of nitrogens with zero attached hydrogens (tertiary/aromatic N) is 2. The number of aromatic nitrogens is 3. The Bertz CT molecular complexity index is 1010. The van der Waals surface area contributed by atoms with E-state index in [4.69, 9.17) is 0 Å². The maximum absolute atomic E-state index is 13.2. The van der Waals surface area contributed by atoms with E-state index in [-0.39, 0.29) is 36.0 Å². The number of aliphatic hydroxyl groups excluding tert-OH is 2. The van der Waals surface area contributed by atoms with E-state index in [0.717, 1.165) is 41.2 Å². The van der Waals surface area contributed by atoms with Crippen molar-refractivity contribution in [2.45, 2.75) is 92.2 Å². The van der Waals surface area contributed by atoms with Gasteiger partial charge < -0.3 is 20.1 Å². The van der Waals surface area contributed by atoms with Gasteiger partial charge in [-0.1, -0.05) is 46.8 Å². The van der Waals surface area contributed by atoms with Crippen LogP contribution in [-0.4, -0.2) is 61.5 Å². The van der Waals surface area contributed by atoms with E-state index in [0.29, 0.717) is 32.2 Å². The zero-order valence-corrected chi connectivity index (χ0v) is 22.3.